The Kier molecular flexibility index (Phi) is 3.93. The third kappa shape index (κ3) is 2.82. The monoisotopic (exact) mass is 221 g/mol. The molecule has 3 nitrogen and oxygen atoms in total. The average Bonchev–Trinajstić information content (AvgIpc) is 2.78. The summed E-state index contributed by atoms with van der Waals surface area (Å²) < 4.78 is 11.4. The minimum atomic E-state index is -0.148. The van der Waals surface area contributed by atoms with Gasteiger partial charge in [0, 0.05) is 13.0 Å². The highest BCUT2D eigenvalue weighted by Gasteiger charge is 2.35. The molecule has 1 aromatic rings. The van der Waals surface area contributed by atoms with Crippen LogP contribution in [0.25, 0.3) is 0 Å². The van der Waals surface area contributed by atoms with E-state index in [4.69, 9.17) is 15.2 Å². The fourth-order valence-corrected chi connectivity index (χ4v) is 2.05. The van der Waals surface area contributed by atoms with Crippen LogP contribution >= 0.6 is 0 Å². The Morgan fingerprint density at radius 3 is 2.75 bits per heavy atom. The average molecular weight is 221 g/mol. The topological polar surface area (TPSA) is 44.5 Å². The third-order valence-corrected chi connectivity index (χ3v) is 3.05. The van der Waals surface area contributed by atoms with Gasteiger partial charge >= 0.3 is 0 Å². The van der Waals surface area contributed by atoms with Gasteiger partial charge in [-0.3, -0.25) is 0 Å². The minimum Gasteiger partial charge on any atom is -0.378 e. The van der Waals surface area contributed by atoms with Crippen LogP contribution in [0.5, 0.6) is 0 Å². The lowest BCUT2D eigenvalue weighted by molar-refractivity contribution is -0.0634. The summed E-state index contributed by atoms with van der Waals surface area (Å²) in [7, 11) is 0. The zero-order chi connectivity index (χ0) is 11.3. The predicted octanol–water partition coefficient (Wildman–Crippen LogP) is 1.71. The molecule has 1 aromatic carbocycles. The summed E-state index contributed by atoms with van der Waals surface area (Å²) in [6, 6.07) is 10.2. The Bertz CT molecular complexity index is 307. The summed E-state index contributed by atoms with van der Waals surface area (Å²) in [5, 5.41) is 0. The van der Waals surface area contributed by atoms with Gasteiger partial charge in [-0.2, -0.15) is 0 Å². The van der Waals surface area contributed by atoms with Crippen LogP contribution < -0.4 is 5.73 Å². The van der Waals surface area contributed by atoms with E-state index in [-0.39, 0.29) is 5.60 Å². The first-order valence-electron chi connectivity index (χ1n) is 5.80. The van der Waals surface area contributed by atoms with Gasteiger partial charge in [0.25, 0.3) is 0 Å². The molecule has 88 valence electrons. The van der Waals surface area contributed by atoms with Crippen molar-refractivity contribution in [3.63, 3.8) is 0 Å². The first-order valence-corrected chi connectivity index (χ1v) is 5.80. The van der Waals surface area contributed by atoms with E-state index in [2.05, 4.69) is 12.1 Å². The van der Waals surface area contributed by atoms with Gasteiger partial charge in [-0.15, -0.1) is 0 Å². The van der Waals surface area contributed by atoms with Crippen LogP contribution in [0, 0.1) is 0 Å². The van der Waals surface area contributed by atoms with Crippen molar-refractivity contribution < 1.29 is 9.47 Å². The van der Waals surface area contributed by atoms with Gasteiger partial charge in [-0.05, 0) is 18.5 Å². The lowest BCUT2D eigenvalue weighted by Gasteiger charge is -2.27. The summed E-state index contributed by atoms with van der Waals surface area (Å²) in [5.41, 5.74) is 6.68. The molecule has 0 amide bonds. The molecule has 1 saturated heterocycles. The second-order valence-electron chi connectivity index (χ2n) is 4.30. The van der Waals surface area contributed by atoms with E-state index in [1.807, 2.05) is 18.2 Å². The van der Waals surface area contributed by atoms with E-state index in [9.17, 15) is 0 Å². The molecule has 2 rings (SSSR count). The van der Waals surface area contributed by atoms with Crippen molar-refractivity contribution >= 4 is 0 Å². The van der Waals surface area contributed by atoms with Gasteiger partial charge < -0.3 is 15.2 Å². The summed E-state index contributed by atoms with van der Waals surface area (Å²) in [4.78, 5) is 0. The number of hydrogen-bond donors (Lipinski definition) is 1. The summed E-state index contributed by atoms with van der Waals surface area (Å²) in [6.07, 6.45) is 1.83. The van der Waals surface area contributed by atoms with Crippen LogP contribution in [-0.4, -0.2) is 25.4 Å². The fourth-order valence-electron chi connectivity index (χ4n) is 2.05. The van der Waals surface area contributed by atoms with Crippen LogP contribution in [0.2, 0.25) is 0 Å². The number of nitrogens with two attached hydrogens (primary N) is 1. The van der Waals surface area contributed by atoms with Crippen LogP contribution in [0.4, 0.5) is 0 Å². The van der Waals surface area contributed by atoms with Gasteiger partial charge in [0.1, 0.15) is 0 Å². The number of hydrogen-bond acceptors (Lipinski definition) is 3. The van der Waals surface area contributed by atoms with E-state index in [0.29, 0.717) is 19.8 Å². The highest BCUT2D eigenvalue weighted by atomic mass is 16.6. The molecule has 2 N–H and O–H groups in total. The summed E-state index contributed by atoms with van der Waals surface area (Å²) in [5.74, 6) is 0. The van der Waals surface area contributed by atoms with E-state index >= 15 is 0 Å². The molecule has 1 fully saturated rings. The molecule has 0 radical (unpaired) electrons. The van der Waals surface area contributed by atoms with Crippen LogP contribution in [0.1, 0.15) is 18.4 Å². The Morgan fingerprint density at radius 1 is 1.31 bits per heavy atom. The number of rotatable bonds is 5. The van der Waals surface area contributed by atoms with Crippen molar-refractivity contribution in [1.82, 2.24) is 0 Å². The van der Waals surface area contributed by atoms with Crippen LogP contribution in [0.15, 0.2) is 30.3 Å². The Hall–Kier alpha value is -0.900. The molecule has 0 aliphatic carbocycles. The predicted molar refractivity (Wildman–Crippen MR) is 63.1 cm³/mol. The zero-order valence-electron chi connectivity index (χ0n) is 9.52. The molecular weight excluding hydrogens is 202 g/mol. The highest BCUT2D eigenvalue weighted by Crippen LogP contribution is 2.27. The van der Waals surface area contributed by atoms with E-state index in [1.54, 1.807) is 0 Å². The first kappa shape index (κ1) is 11.6. The quantitative estimate of drug-likeness (QED) is 0.823. The molecule has 1 heterocycles. The maximum atomic E-state index is 6.01. The molecule has 0 spiro atoms. The smallest absolute Gasteiger partial charge is 0.0953 e. The second-order valence-corrected chi connectivity index (χ2v) is 4.30. The zero-order valence-corrected chi connectivity index (χ0v) is 9.52. The molecular formula is C13H19NO2. The first-order chi connectivity index (χ1) is 7.85. The number of benzene rings is 1. The van der Waals surface area contributed by atoms with Gasteiger partial charge in [-0.1, -0.05) is 30.3 Å². The standard InChI is InChI=1S/C13H19NO2/c14-8-6-13(7-9-15-11-13)16-10-12-4-2-1-3-5-12/h1-5H,6-11,14H2. The van der Waals surface area contributed by atoms with Crippen molar-refractivity contribution in [2.45, 2.75) is 25.0 Å². The number of ether oxygens (including phenoxy) is 2. The molecule has 16 heavy (non-hydrogen) atoms. The Balaban J connectivity index is 1.92. The normalized spacial score (nSPS) is 24.8. The van der Waals surface area contributed by atoms with Crippen molar-refractivity contribution in [2.24, 2.45) is 5.73 Å². The molecule has 0 bridgehead atoms. The largest absolute Gasteiger partial charge is 0.378 e. The highest BCUT2D eigenvalue weighted by molar-refractivity contribution is 5.13. The molecule has 1 aliphatic heterocycles. The van der Waals surface area contributed by atoms with Crippen molar-refractivity contribution in [3.8, 4) is 0 Å². The SMILES string of the molecule is NCCC1(OCc2ccccc2)CCOC1. The third-order valence-electron chi connectivity index (χ3n) is 3.05. The van der Waals surface area contributed by atoms with E-state index in [0.717, 1.165) is 19.4 Å². The molecule has 3 heteroatoms. The molecule has 1 atom stereocenters. The maximum Gasteiger partial charge on any atom is 0.0953 e. The van der Waals surface area contributed by atoms with Gasteiger partial charge in [-0.25, -0.2) is 0 Å². The Labute approximate surface area is 96.5 Å². The van der Waals surface area contributed by atoms with Crippen molar-refractivity contribution in [2.75, 3.05) is 19.8 Å². The lowest BCUT2D eigenvalue weighted by atomic mass is 9.98. The summed E-state index contributed by atoms with van der Waals surface area (Å²) >= 11 is 0. The van der Waals surface area contributed by atoms with Gasteiger partial charge in [0.2, 0.25) is 0 Å². The minimum absolute atomic E-state index is 0.148. The van der Waals surface area contributed by atoms with E-state index in [1.165, 1.54) is 5.56 Å². The van der Waals surface area contributed by atoms with E-state index < -0.39 is 0 Å². The maximum absolute atomic E-state index is 6.01. The molecule has 1 aliphatic rings. The van der Waals surface area contributed by atoms with Crippen molar-refractivity contribution in [3.05, 3.63) is 35.9 Å². The molecule has 0 aromatic heterocycles. The lowest BCUT2D eigenvalue weighted by Crippen LogP contribution is -2.35. The van der Waals surface area contributed by atoms with Crippen molar-refractivity contribution in [1.29, 1.82) is 0 Å². The van der Waals surface area contributed by atoms with Crippen LogP contribution in [0.3, 0.4) is 0 Å². The molecule has 0 saturated carbocycles. The molecule has 1 unspecified atom stereocenters. The second kappa shape index (κ2) is 5.43. The fraction of sp³-hybridized carbons (Fsp3) is 0.538. The van der Waals surface area contributed by atoms with Gasteiger partial charge in [0.05, 0.1) is 18.8 Å². The van der Waals surface area contributed by atoms with Crippen LogP contribution in [-0.2, 0) is 16.1 Å². The summed E-state index contributed by atoms with van der Waals surface area (Å²) in [6.45, 7) is 2.76. The Morgan fingerprint density at radius 2 is 2.12 bits per heavy atom. The van der Waals surface area contributed by atoms with Gasteiger partial charge in [0.15, 0.2) is 0 Å².